The Morgan fingerprint density at radius 2 is 2.17 bits per heavy atom. The molecule has 1 aromatic carbocycles. The molecule has 0 aliphatic carbocycles. The van der Waals surface area contributed by atoms with Gasteiger partial charge in [0.2, 0.25) is 5.91 Å². The van der Waals surface area contributed by atoms with Crippen LogP contribution in [-0.4, -0.2) is 26.6 Å². The molecule has 0 bridgehead atoms. The zero-order valence-corrected chi connectivity index (χ0v) is 13.8. The van der Waals surface area contributed by atoms with Crippen molar-refractivity contribution >= 4 is 29.0 Å². The number of para-hydroxylation sites is 2. The molecule has 0 saturated carbocycles. The first kappa shape index (κ1) is 17.7. The lowest BCUT2D eigenvalue weighted by atomic mass is 10.2. The number of benzene rings is 1. The number of thioether (sulfide) groups is 1. The number of rotatable bonds is 7. The number of nitrogens with one attached hydrogen (secondary N) is 2. The topological polar surface area (TPSA) is 118 Å². The fourth-order valence-corrected chi connectivity index (χ4v) is 2.69. The highest BCUT2D eigenvalue weighted by molar-refractivity contribution is 7.99. The highest BCUT2D eigenvalue weighted by atomic mass is 32.2. The third kappa shape index (κ3) is 4.92. The zero-order chi connectivity index (χ0) is 17.5. The first-order valence-electron chi connectivity index (χ1n) is 7.26. The van der Waals surface area contributed by atoms with Crippen LogP contribution in [0.3, 0.4) is 0 Å². The Bertz CT molecular complexity index is 806. The smallest absolute Gasteiger partial charge is 0.292 e. The van der Waals surface area contributed by atoms with Gasteiger partial charge < -0.3 is 10.3 Å². The number of aromatic nitrogens is 2. The molecule has 0 spiro atoms. The van der Waals surface area contributed by atoms with Crippen molar-refractivity contribution in [1.29, 1.82) is 0 Å². The molecule has 24 heavy (non-hydrogen) atoms. The van der Waals surface area contributed by atoms with E-state index in [2.05, 4.69) is 15.3 Å². The molecular weight excluding hydrogens is 332 g/mol. The summed E-state index contributed by atoms with van der Waals surface area (Å²) < 4.78 is 0. The lowest BCUT2D eigenvalue weighted by Crippen LogP contribution is -2.16. The van der Waals surface area contributed by atoms with E-state index < -0.39 is 10.8 Å². The third-order valence-electron chi connectivity index (χ3n) is 2.99. The number of carbonyl (C=O) groups is 1. The number of carbonyl (C=O) groups excluding carboxylic acids is 1. The van der Waals surface area contributed by atoms with E-state index in [9.17, 15) is 19.7 Å². The maximum atomic E-state index is 12.0. The summed E-state index contributed by atoms with van der Waals surface area (Å²) in [5.74, 6) is -0.442. The Balaban J connectivity index is 2.02. The van der Waals surface area contributed by atoms with Gasteiger partial charge in [0.1, 0.15) is 5.69 Å². The molecule has 0 unspecified atom stereocenters. The van der Waals surface area contributed by atoms with Crippen molar-refractivity contribution < 1.29 is 9.72 Å². The van der Waals surface area contributed by atoms with Gasteiger partial charge in [-0.2, -0.15) is 0 Å². The fraction of sp³-hybridized carbons (Fsp3) is 0.267. The molecule has 0 aliphatic heterocycles. The second-order valence-electron chi connectivity index (χ2n) is 4.90. The Morgan fingerprint density at radius 3 is 2.88 bits per heavy atom. The van der Waals surface area contributed by atoms with Crippen LogP contribution in [0.25, 0.3) is 0 Å². The van der Waals surface area contributed by atoms with E-state index in [-0.39, 0.29) is 22.7 Å². The Kier molecular flexibility index (Phi) is 6.07. The number of amides is 1. The minimum Gasteiger partial charge on any atom is -0.320 e. The standard InChI is InChI=1S/C15H16N4O4S/c1-2-5-10-8-13(20)18-15(16-10)24-9-14(21)17-11-6-3-4-7-12(11)19(22)23/h3-4,6-8H,2,5,9H2,1H3,(H,17,21)(H,16,18,20). The normalized spacial score (nSPS) is 10.4. The summed E-state index contributed by atoms with van der Waals surface area (Å²) in [6.07, 6.45) is 1.54. The molecular formula is C15H16N4O4S. The summed E-state index contributed by atoms with van der Waals surface area (Å²) in [6.45, 7) is 1.98. The Hall–Kier alpha value is -2.68. The molecule has 0 radical (unpaired) electrons. The summed E-state index contributed by atoms with van der Waals surface area (Å²) in [6, 6.07) is 7.33. The second kappa shape index (κ2) is 8.25. The summed E-state index contributed by atoms with van der Waals surface area (Å²) in [5.41, 5.74) is 0.361. The molecule has 0 fully saturated rings. The van der Waals surface area contributed by atoms with Crippen LogP contribution in [0, 0.1) is 10.1 Å². The number of H-pyrrole nitrogens is 1. The number of nitrogens with zero attached hydrogens (tertiary/aromatic N) is 2. The van der Waals surface area contributed by atoms with E-state index >= 15 is 0 Å². The highest BCUT2D eigenvalue weighted by Crippen LogP contribution is 2.23. The molecule has 2 rings (SSSR count). The van der Waals surface area contributed by atoms with Gasteiger partial charge in [0.25, 0.3) is 11.2 Å². The monoisotopic (exact) mass is 348 g/mol. The molecule has 2 aromatic rings. The Labute approximate surface area is 141 Å². The van der Waals surface area contributed by atoms with E-state index in [1.54, 1.807) is 6.07 Å². The molecule has 0 aliphatic rings. The summed E-state index contributed by atoms with van der Waals surface area (Å²) in [4.78, 5) is 40.7. The number of nitro benzene ring substituents is 1. The van der Waals surface area contributed by atoms with Crippen LogP contribution in [0.1, 0.15) is 19.0 Å². The van der Waals surface area contributed by atoms with Gasteiger partial charge in [-0.15, -0.1) is 0 Å². The molecule has 1 amide bonds. The van der Waals surface area contributed by atoms with E-state index in [1.807, 2.05) is 6.92 Å². The average Bonchev–Trinajstić information content (AvgIpc) is 2.53. The van der Waals surface area contributed by atoms with Crippen molar-refractivity contribution in [3.63, 3.8) is 0 Å². The van der Waals surface area contributed by atoms with Crippen LogP contribution in [0.15, 0.2) is 40.3 Å². The van der Waals surface area contributed by atoms with Crippen LogP contribution >= 0.6 is 11.8 Å². The molecule has 0 atom stereocenters. The Morgan fingerprint density at radius 1 is 1.42 bits per heavy atom. The molecule has 126 valence electrons. The molecule has 9 heteroatoms. The number of anilines is 1. The SMILES string of the molecule is CCCc1cc(=O)[nH]c(SCC(=O)Nc2ccccc2[N+](=O)[O-])n1. The maximum absolute atomic E-state index is 12.0. The third-order valence-corrected chi connectivity index (χ3v) is 3.87. The van der Waals surface area contributed by atoms with E-state index in [4.69, 9.17) is 0 Å². The van der Waals surface area contributed by atoms with Gasteiger partial charge in [-0.25, -0.2) is 4.98 Å². The van der Waals surface area contributed by atoms with Gasteiger partial charge in [0, 0.05) is 17.8 Å². The average molecular weight is 348 g/mol. The summed E-state index contributed by atoms with van der Waals surface area (Å²) in [7, 11) is 0. The van der Waals surface area contributed by atoms with Gasteiger partial charge in [-0.05, 0) is 12.5 Å². The van der Waals surface area contributed by atoms with Crippen molar-refractivity contribution in [2.75, 3.05) is 11.1 Å². The lowest BCUT2D eigenvalue weighted by molar-refractivity contribution is -0.383. The van der Waals surface area contributed by atoms with Crippen molar-refractivity contribution in [2.45, 2.75) is 24.9 Å². The van der Waals surface area contributed by atoms with E-state index in [1.165, 1.54) is 24.3 Å². The van der Waals surface area contributed by atoms with Crippen LogP contribution in [0.4, 0.5) is 11.4 Å². The summed E-state index contributed by atoms with van der Waals surface area (Å²) >= 11 is 1.07. The van der Waals surface area contributed by atoms with Crippen LogP contribution < -0.4 is 10.9 Å². The zero-order valence-electron chi connectivity index (χ0n) is 12.9. The van der Waals surface area contributed by atoms with Crippen LogP contribution in [-0.2, 0) is 11.2 Å². The lowest BCUT2D eigenvalue weighted by Gasteiger charge is -2.06. The molecule has 8 nitrogen and oxygen atoms in total. The van der Waals surface area contributed by atoms with Crippen LogP contribution in [0.5, 0.6) is 0 Å². The van der Waals surface area contributed by atoms with Gasteiger partial charge in [-0.3, -0.25) is 19.7 Å². The van der Waals surface area contributed by atoms with Gasteiger partial charge >= 0.3 is 0 Å². The molecule has 1 aromatic heterocycles. The highest BCUT2D eigenvalue weighted by Gasteiger charge is 2.15. The second-order valence-corrected chi connectivity index (χ2v) is 5.87. The largest absolute Gasteiger partial charge is 0.320 e. The van der Waals surface area contributed by atoms with Crippen molar-refractivity contribution in [3.8, 4) is 0 Å². The van der Waals surface area contributed by atoms with E-state index in [0.29, 0.717) is 17.3 Å². The number of aromatic amines is 1. The van der Waals surface area contributed by atoms with Gasteiger partial charge in [0.05, 0.1) is 10.7 Å². The van der Waals surface area contributed by atoms with Crippen molar-refractivity contribution in [3.05, 3.63) is 56.5 Å². The molecule has 0 saturated heterocycles. The van der Waals surface area contributed by atoms with Crippen molar-refractivity contribution in [2.24, 2.45) is 0 Å². The minimum atomic E-state index is -0.560. The number of nitro groups is 1. The number of hydrogen-bond donors (Lipinski definition) is 2. The summed E-state index contributed by atoms with van der Waals surface area (Å²) in [5, 5.41) is 13.8. The maximum Gasteiger partial charge on any atom is 0.292 e. The molecule has 1 heterocycles. The van der Waals surface area contributed by atoms with Gasteiger partial charge in [-0.1, -0.05) is 37.2 Å². The number of hydrogen-bond acceptors (Lipinski definition) is 6. The first-order chi connectivity index (χ1) is 11.5. The van der Waals surface area contributed by atoms with Gasteiger partial charge in [0.15, 0.2) is 5.16 Å². The quantitative estimate of drug-likeness (QED) is 0.343. The predicted molar refractivity (Wildman–Crippen MR) is 91.3 cm³/mol. The first-order valence-corrected chi connectivity index (χ1v) is 8.24. The molecule has 2 N–H and O–H groups in total. The van der Waals surface area contributed by atoms with Crippen LogP contribution in [0.2, 0.25) is 0 Å². The number of aryl methyl sites for hydroxylation is 1. The van der Waals surface area contributed by atoms with Crippen molar-refractivity contribution in [1.82, 2.24) is 9.97 Å². The minimum absolute atomic E-state index is 0.0232. The van der Waals surface area contributed by atoms with E-state index in [0.717, 1.165) is 18.2 Å². The fourth-order valence-electron chi connectivity index (χ4n) is 1.99. The predicted octanol–water partition coefficient (Wildman–Crippen LogP) is 2.36.